The number of amides is 2. The van der Waals surface area contributed by atoms with Crippen molar-refractivity contribution in [2.24, 2.45) is 0 Å². The number of imide groups is 1. The van der Waals surface area contributed by atoms with Crippen LogP contribution in [0.3, 0.4) is 0 Å². The molecule has 2 aromatic carbocycles. The fraction of sp³-hybridized carbons (Fsp3) is 0.259. The first kappa shape index (κ1) is 22.0. The maximum Gasteiger partial charge on any atom is 0.259 e. The monoisotopic (exact) mass is 456 g/mol. The minimum absolute atomic E-state index is 0.332. The number of hydrogen-bond donors (Lipinski definition) is 2. The predicted octanol–water partition coefficient (Wildman–Crippen LogP) is 3.74. The highest BCUT2D eigenvalue weighted by molar-refractivity contribution is 6.37. The second-order valence-corrected chi connectivity index (χ2v) is 8.95. The SMILES string of the molecule is COc1ccc2c(c1)c(C1=C(Cc3c[nH]c4ccccc34)C(=O)NC1=O)cn2CCCN(C)C. The van der Waals surface area contributed by atoms with Crippen LogP contribution in [-0.2, 0) is 22.6 Å². The normalized spacial score (nSPS) is 14.1. The van der Waals surface area contributed by atoms with Gasteiger partial charge in [0.1, 0.15) is 5.75 Å². The van der Waals surface area contributed by atoms with E-state index in [1.54, 1.807) is 7.11 Å². The van der Waals surface area contributed by atoms with Crippen LogP contribution in [-0.4, -0.2) is 54.0 Å². The van der Waals surface area contributed by atoms with E-state index in [-0.39, 0.29) is 11.8 Å². The van der Waals surface area contributed by atoms with E-state index in [0.29, 0.717) is 23.3 Å². The second-order valence-electron chi connectivity index (χ2n) is 8.95. The summed E-state index contributed by atoms with van der Waals surface area (Å²) in [6.07, 6.45) is 5.25. The van der Waals surface area contributed by atoms with E-state index >= 15 is 0 Å². The van der Waals surface area contributed by atoms with Crippen LogP contribution in [0.4, 0.5) is 0 Å². The summed E-state index contributed by atoms with van der Waals surface area (Å²) >= 11 is 0. The van der Waals surface area contributed by atoms with Gasteiger partial charge < -0.3 is 19.2 Å². The van der Waals surface area contributed by atoms with Crippen LogP contribution in [0.25, 0.3) is 27.4 Å². The van der Waals surface area contributed by atoms with E-state index in [1.807, 2.05) is 54.9 Å². The van der Waals surface area contributed by atoms with Gasteiger partial charge in [-0.15, -0.1) is 0 Å². The maximum absolute atomic E-state index is 13.1. The van der Waals surface area contributed by atoms with Crippen LogP contribution >= 0.6 is 0 Å². The Hall–Kier alpha value is -3.84. The number of carbonyl (C=O) groups is 2. The molecule has 0 saturated carbocycles. The van der Waals surface area contributed by atoms with E-state index in [9.17, 15) is 9.59 Å². The maximum atomic E-state index is 13.1. The van der Waals surface area contributed by atoms with Gasteiger partial charge in [0.25, 0.3) is 11.8 Å². The third-order valence-electron chi connectivity index (χ3n) is 6.43. The van der Waals surface area contributed by atoms with Gasteiger partial charge in [0.05, 0.1) is 12.7 Å². The molecule has 174 valence electrons. The Morgan fingerprint density at radius 1 is 1.03 bits per heavy atom. The number of aryl methyl sites for hydroxylation is 1. The van der Waals surface area contributed by atoms with E-state index in [1.165, 1.54) is 0 Å². The number of benzene rings is 2. The summed E-state index contributed by atoms with van der Waals surface area (Å²) in [5.74, 6) is 0.0278. The number of hydrogen-bond acceptors (Lipinski definition) is 4. The molecule has 0 radical (unpaired) electrons. The largest absolute Gasteiger partial charge is 0.497 e. The van der Waals surface area contributed by atoms with Gasteiger partial charge in [0.15, 0.2) is 0 Å². The molecule has 0 atom stereocenters. The molecule has 0 spiro atoms. The number of nitrogens with one attached hydrogen (secondary N) is 2. The molecule has 5 rings (SSSR count). The average Bonchev–Trinajstić information content (AvgIpc) is 3.47. The molecule has 2 amide bonds. The lowest BCUT2D eigenvalue weighted by Gasteiger charge is -2.10. The fourth-order valence-electron chi connectivity index (χ4n) is 4.76. The number of rotatable bonds is 8. The van der Waals surface area contributed by atoms with Crippen LogP contribution in [0.1, 0.15) is 17.5 Å². The minimum Gasteiger partial charge on any atom is -0.497 e. The van der Waals surface area contributed by atoms with Crippen LogP contribution in [0.5, 0.6) is 5.75 Å². The number of methoxy groups -OCH3 is 1. The molecule has 1 aliphatic heterocycles. The van der Waals surface area contributed by atoms with Crippen molar-refractivity contribution < 1.29 is 14.3 Å². The molecule has 7 nitrogen and oxygen atoms in total. The van der Waals surface area contributed by atoms with E-state index < -0.39 is 0 Å². The summed E-state index contributed by atoms with van der Waals surface area (Å²) in [6.45, 7) is 1.76. The Morgan fingerprint density at radius 3 is 2.65 bits per heavy atom. The molecule has 0 fully saturated rings. The number of nitrogens with zero attached hydrogens (tertiary/aromatic N) is 2. The first-order chi connectivity index (χ1) is 16.5. The van der Waals surface area contributed by atoms with Gasteiger partial charge in [0, 0.05) is 58.3 Å². The summed E-state index contributed by atoms with van der Waals surface area (Å²) in [4.78, 5) is 31.4. The van der Waals surface area contributed by atoms with Crippen molar-refractivity contribution in [1.29, 1.82) is 0 Å². The summed E-state index contributed by atoms with van der Waals surface area (Å²) < 4.78 is 7.63. The highest BCUT2D eigenvalue weighted by atomic mass is 16.5. The lowest BCUT2D eigenvalue weighted by atomic mass is 9.96. The Kier molecular flexibility index (Phi) is 5.71. The number of H-pyrrole nitrogens is 1. The third-order valence-corrected chi connectivity index (χ3v) is 6.43. The zero-order valence-corrected chi connectivity index (χ0v) is 19.6. The second kappa shape index (κ2) is 8.83. The molecular weight excluding hydrogens is 428 g/mol. The summed E-state index contributed by atoms with van der Waals surface area (Å²) in [5.41, 5.74) is 4.70. The predicted molar refractivity (Wildman–Crippen MR) is 134 cm³/mol. The number of carbonyl (C=O) groups excluding carboxylic acids is 2. The summed E-state index contributed by atoms with van der Waals surface area (Å²) in [6, 6.07) is 13.9. The van der Waals surface area contributed by atoms with Crippen molar-refractivity contribution >= 4 is 39.2 Å². The van der Waals surface area contributed by atoms with E-state index in [4.69, 9.17) is 4.74 Å². The van der Waals surface area contributed by atoms with Crippen LogP contribution in [0, 0.1) is 0 Å². The summed E-state index contributed by atoms with van der Waals surface area (Å²) in [7, 11) is 5.74. The molecule has 2 N–H and O–H groups in total. The third kappa shape index (κ3) is 3.88. The lowest BCUT2D eigenvalue weighted by Crippen LogP contribution is -2.23. The highest BCUT2D eigenvalue weighted by Gasteiger charge is 2.33. The number of ether oxygens (including phenoxy) is 1. The molecule has 1 aliphatic rings. The molecule has 0 bridgehead atoms. The minimum atomic E-state index is -0.352. The van der Waals surface area contributed by atoms with Gasteiger partial charge in [-0.1, -0.05) is 18.2 Å². The standard InChI is InChI=1S/C27H28N4O3/c1-30(2)11-6-12-31-16-22(20-14-18(34-3)9-10-24(20)31)25-21(26(32)29-27(25)33)13-17-15-28-23-8-5-4-7-19(17)23/h4-5,7-10,14-16,28H,6,11-13H2,1-3H3,(H,29,32,33). The molecule has 7 heteroatoms. The van der Waals surface area contributed by atoms with Crippen molar-refractivity contribution in [1.82, 2.24) is 19.8 Å². The van der Waals surface area contributed by atoms with Gasteiger partial charge in [0.2, 0.25) is 0 Å². The molecule has 2 aromatic heterocycles. The van der Waals surface area contributed by atoms with Crippen molar-refractivity contribution in [3.05, 3.63) is 71.6 Å². The highest BCUT2D eigenvalue weighted by Crippen LogP contribution is 2.36. The Labute approximate surface area is 198 Å². The van der Waals surface area contributed by atoms with Gasteiger partial charge >= 0.3 is 0 Å². The molecule has 3 heterocycles. The lowest BCUT2D eigenvalue weighted by molar-refractivity contribution is -0.123. The molecule has 0 saturated heterocycles. The van der Waals surface area contributed by atoms with Crippen LogP contribution in [0.2, 0.25) is 0 Å². The van der Waals surface area contributed by atoms with Gasteiger partial charge in [-0.25, -0.2) is 0 Å². The number of aromatic amines is 1. The van der Waals surface area contributed by atoms with Crippen molar-refractivity contribution in [3.63, 3.8) is 0 Å². The smallest absolute Gasteiger partial charge is 0.259 e. The number of para-hydroxylation sites is 1. The molecule has 0 unspecified atom stereocenters. The zero-order chi connectivity index (χ0) is 23.8. The Balaban J connectivity index is 1.63. The van der Waals surface area contributed by atoms with E-state index in [2.05, 4.69) is 33.9 Å². The topological polar surface area (TPSA) is 79.4 Å². The van der Waals surface area contributed by atoms with Gasteiger partial charge in [-0.2, -0.15) is 0 Å². The molecule has 4 aromatic rings. The van der Waals surface area contributed by atoms with Crippen molar-refractivity contribution in [2.75, 3.05) is 27.7 Å². The first-order valence-electron chi connectivity index (χ1n) is 11.4. The zero-order valence-electron chi connectivity index (χ0n) is 19.6. The van der Waals surface area contributed by atoms with Gasteiger partial charge in [-0.05, 0) is 56.9 Å². The van der Waals surface area contributed by atoms with E-state index in [0.717, 1.165) is 52.4 Å². The van der Waals surface area contributed by atoms with Gasteiger partial charge in [-0.3, -0.25) is 14.9 Å². The van der Waals surface area contributed by atoms with Crippen molar-refractivity contribution in [3.8, 4) is 5.75 Å². The average molecular weight is 457 g/mol. The first-order valence-corrected chi connectivity index (χ1v) is 11.4. The molecule has 0 aliphatic carbocycles. The molecule has 34 heavy (non-hydrogen) atoms. The Morgan fingerprint density at radius 2 is 1.85 bits per heavy atom. The summed E-state index contributed by atoms with van der Waals surface area (Å²) in [5, 5.41) is 4.48. The Bertz CT molecular complexity index is 1440. The van der Waals surface area contributed by atoms with Crippen molar-refractivity contribution in [2.45, 2.75) is 19.4 Å². The van der Waals surface area contributed by atoms with Crippen LogP contribution < -0.4 is 10.1 Å². The fourth-order valence-corrected chi connectivity index (χ4v) is 4.76. The number of aromatic nitrogens is 2. The molecular formula is C27H28N4O3. The quantitative estimate of drug-likeness (QED) is 0.396. The number of fused-ring (bicyclic) bond motifs is 2. The van der Waals surface area contributed by atoms with Crippen LogP contribution in [0.15, 0.2) is 60.4 Å².